The zero-order valence-corrected chi connectivity index (χ0v) is 12.8. The second-order valence-electron chi connectivity index (χ2n) is 5.04. The number of hydrogen-bond donors (Lipinski definition) is 1. The summed E-state index contributed by atoms with van der Waals surface area (Å²) in [5.74, 6) is -0.410. The van der Waals surface area contributed by atoms with Crippen molar-refractivity contribution in [1.82, 2.24) is 15.1 Å². The Balaban J connectivity index is 2.34. The third kappa shape index (κ3) is 3.19. The van der Waals surface area contributed by atoms with Gasteiger partial charge < -0.3 is 4.90 Å². The predicted molar refractivity (Wildman–Crippen MR) is 80.4 cm³/mol. The molecule has 3 nitrogen and oxygen atoms in total. The van der Waals surface area contributed by atoms with Gasteiger partial charge in [0.2, 0.25) is 0 Å². The Hall–Kier alpha value is -1.39. The molecule has 0 saturated heterocycles. The molecule has 0 unspecified atom stereocenters. The van der Waals surface area contributed by atoms with Crippen molar-refractivity contribution in [2.24, 2.45) is 0 Å². The number of benzene rings is 1. The van der Waals surface area contributed by atoms with E-state index in [1.807, 2.05) is 6.92 Å². The van der Waals surface area contributed by atoms with E-state index in [9.17, 15) is 4.39 Å². The van der Waals surface area contributed by atoms with Crippen LogP contribution in [0.4, 0.5) is 4.39 Å². The van der Waals surface area contributed by atoms with Crippen LogP contribution in [0.2, 0.25) is 5.02 Å². The van der Waals surface area contributed by atoms with E-state index in [-0.39, 0.29) is 5.02 Å². The highest BCUT2D eigenvalue weighted by atomic mass is 35.5. The summed E-state index contributed by atoms with van der Waals surface area (Å²) >= 11 is 5.85. The van der Waals surface area contributed by atoms with Gasteiger partial charge in [-0.05, 0) is 45.1 Å². The van der Waals surface area contributed by atoms with Crippen molar-refractivity contribution >= 4 is 11.6 Å². The molecule has 0 amide bonds. The normalized spacial score (nSPS) is 11.3. The fourth-order valence-corrected chi connectivity index (χ4v) is 2.44. The van der Waals surface area contributed by atoms with Crippen LogP contribution in [0, 0.1) is 12.7 Å². The monoisotopic (exact) mass is 295 g/mol. The molecule has 0 aliphatic rings. The highest BCUT2D eigenvalue weighted by molar-refractivity contribution is 6.31. The Morgan fingerprint density at radius 3 is 2.80 bits per heavy atom. The van der Waals surface area contributed by atoms with Crippen molar-refractivity contribution in [1.29, 1.82) is 0 Å². The van der Waals surface area contributed by atoms with E-state index in [2.05, 4.69) is 29.1 Å². The molecule has 5 heteroatoms. The van der Waals surface area contributed by atoms with Gasteiger partial charge in [-0.1, -0.05) is 18.5 Å². The number of halogens is 2. The predicted octanol–water partition coefficient (Wildman–Crippen LogP) is 4.02. The van der Waals surface area contributed by atoms with Crippen molar-refractivity contribution < 1.29 is 4.39 Å². The molecule has 1 heterocycles. The summed E-state index contributed by atoms with van der Waals surface area (Å²) in [6.07, 6.45) is 1.10. The minimum atomic E-state index is -0.410. The second-order valence-corrected chi connectivity index (χ2v) is 5.45. The summed E-state index contributed by atoms with van der Waals surface area (Å²) in [7, 11) is 2.08. The summed E-state index contributed by atoms with van der Waals surface area (Å²) < 4.78 is 13.3. The zero-order chi connectivity index (χ0) is 14.7. The van der Waals surface area contributed by atoms with Crippen LogP contribution in [-0.2, 0) is 6.54 Å². The lowest BCUT2D eigenvalue weighted by molar-refractivity contribution is 0.327. The number of aryl methyl sites for hydroxylation is 1. The summed E-state index contributed by atoms with van der Waals surface area (Å²) in [5, 5.41) is 7.46. The fourth-order valence-electron chi connectivity index (χ4n) is 2.26. The van der Waals surface area contributed by atoms with Crippen molar-refractivity contribution in [3.05, 3.63) is 40.3 Å². The number of rotatable bonds is 5. The van der Waals surface area contributed by atoms with Crippen LogP contribution in [0.1, 0.15) is 24.6 Å². The Labute approximate surface area is 123 Å². The van der Waals surface area contributed by atoms with Crippen LogP contribution < -0.4 is 0 Å². The van der Waals surface area contributed by atoms with Crippen LogP contribution in [0.5, 0.6) is 0 Å². The number of hydrogen-bond acceptors (Lipinski definition) is 2. The Bertz CT molecular complexity index is 595. The Morgan fingerprint density at radius 2 is 2.15 bits per heavy atom. The third-order valence-electron chi connectivity index (χ3n) is 3.30. The molecule has 0 radical (unpaired) electrons. The van der Waals surface area contributed by atoms with Gasteiger partial charge in [0.05, 0.1) is 10.7 Å². The number of H-pyrrole nitrogens is 1. The van der Waals surface area contributed by atoms with Crippen LogP contribution in [0.15, 0.2) is 18.2 Å². The SMILES string of the molecule is CCCN(C)Cc1c(-c2ccc(F)c(Cl)c2)n[nH]c1C. The fraction of sp³-hybridized carbons (Fsp3) is 0.400. The number of aromatic amines is 1. The lowest BCUT2D eigenvalue weighted by Crippen LogP contribution is -2.19. The molecule has 1 aromatic carbocycles. The molecule has 2 aromatic rings. The zero-order valence-electron chi connectivity index (χ0n) is 12.0. The topological polar surface area (TPSA) is 31.9 Å². The van der Waals surface area contributed by atoms with Gasteiger partial charge in [0.25, 0.3) is 0 Å². The molecule has 0 spiro atoms. The second kappa shape index (κ2) is 6.37. The first-order valence-electron chi connectivity index (χ1n) is 6.70. The Morgan fingerprint density at radius 1 is 1.40 bits per heavy atom. The lowest BCUT2D eigenvalue weighted by Gasteiger charge is -2.16. The lowest BCUT2D eigenvalue weighted by atomic mass is 10.1. The molecule has 2 rings (SSSR count). The summed E-state index contributed by atoms with van der Waals surface area (Å²) in [4.78, 5) is 2.24. The molecule has 0 aliphatic carbocycles. The van der Waals surface area contributed by atoms with Gasteiger partial charge in [-0.25, -0.2) is 4.39 Å². The average molecular weight is 296 g/mol. The molecule has 0 bridgehead atoms. The van der Waals surface area contributed by atoms with E-state index in [0.717, 1.165) is 42.0 Å². The van der Waals surface area contributed by atoms with Gasteiger partial charge in [-0.2, -0.15) is 5.10 Å². The molecule has 1 N–H and O–H groups in total. The smallest absolute Gasteiger partial charge is 0.141 e. The summed E-state index contributed by atoms with van der Waals surface area (Å²) in [6.45, 7) is 5.98. The van der Waals surface area contributed by atoms with E-state index in [0.29, 0.717) is 0 Å². The van der Waals surface area contributed by atoms with Gasteiger partial charge >= 0.3 is 0 Å². The van der Waals surface area contributed by atoms with Gasteiger partial charge in [-0.15, -0.1) is 0 Å². The minimum Gasteiger partial charge on any atom is -0.302 e. The molecule has 20 heavy (non-hydrogen) atoms. The molecule has 0 atom stereocenters. The number of aromatic nitrogens is 2. The van der Waals surface area contributed by atoms with Crippen molar-refractivity contribution in [3.63, 3.8) is 0 Å². The van der Waals surface area contributed by atoms with Crippen LogP contribution in [0.25, 0.3) is 11.3 Å². The van der Waals surface area contributed by atoms with Crippen molar-refractivity contribution in [2.45, 2.75) is 26.8 Å². The largest absolute Gasteiger partial charge is 0.302 e. The standard InChI is InChI=1S/C15H19ClFN3/c1-4-7-20(3)9-12-10(2)18-19-15(12)11-5-6-14(17)13(16)8-11/h5-6,8H,4,7,9H2,1-3H3,(H,18,19). The minimum absolute atomic E-state index is 0.121. The molecular weight excluding hydrogens is 277 g/mol. The molecular formula is C15H19ClFN3. The van der Waals surface area contributed by atoms with Crippen LogP contribution >= 0.6 is 11.6 Å². The number of nitrogens with one attached hydrogen (secondary N) is 1. The highest BCUT2D eigenvalue weighted by Gasteiger charge is 2.15. The van der Waals surface area contributed by atoms with Gasteiger partial charge in [0.1, 0.15) is 5.82 Å². The maximum absolute atomic E-state index is 13.3. The molecule has 0 fully saturated rings. The number of nitrogens with zero attached hydrogens (tertiary/aromatic N) is 2. The molecule has 108 valence electrons. The first kappa shape index (κ1) is 15.0. The van der Waals surface area contributed by atoms with Gasteiger partial charge in [0, 0.05) is 23.4 Å². The first-order chi connectivity index (χ1) is 9.52. The van der Waals surface area contributed by atoms with E-state index in [4.69, 9.17) is 11.6 Å². The molecule has 0 aliphatic heterocycles. The summed E-state index contributed by atoms with van der Waals surface area (Å²) in [5.41, 5.74) is 3.83. The first-order valence-corrected chi connectivity index (χ1v) is 7.08. The van der Waals surface area contributed by atoms with Gasteiger partial charge in [0.15, 0.2) is 0 Å². The van der Waals surface area contributed by atoms with E-state index in [1.54, 1.807) is 12.1 Å². The maximum Gasteiger partial charge on any atom is 0.141 e. The molecule has 1 aromatic heterocycles. The van der Waals surface area contributed by atoms with Crippen LogP contribution in [0.3, 0.4) is 0 Å². The average Bonchev–Trinajstić information content (AvgIpc) is 2.75. The quantitative estimate of drug-likeness (QED) is 0.903. The van der Waals surface area contributed by atoms with Crippen molar-refractivity contribution in [2.75, 3.05) is 13.6 Å². The van der Waals surface area contributed by atoms with E-state index >= 15 is 0 Å². The molecule has 0 saturated carbocycles. The van der Waals surface area contributed by atoms with E-state index < -0.39 is 5.82 Å². The summed E-state index contributed by atoms with van der Waals surface area (Å²) in [6, 6.07) is 4.71. The maximum atomic E-state index is 13.3. The van der Waals surface area contributed by atoms with E-state index in [1.165, 1.54) is 6.07 Å². The van der Waals surface area contributed by atoms with Crippen LogP contribution in [-0.4, -0.2) is 28.7 Å². The third-order valence-corrected chi connectivity index (χ3v) is 3.59. The van der Waals surface area contributed by atoms with Crippen molar-refractivity contribution in [3.8, 4) is 11.3 Å². The Kier molecular flexibility index (Phi) is 4.78. The highest BCUT2D eigenvalue weighted by Crippen LogP contribution is 2.28. The van der Waals surface area contributed by atoms with Gasteiger partial charge in [-0.3, -0.25) is 5.10 Å².